The van der Waals surface area contributed by atoms with Crippen molar-refractivity contribution in [1.29, 1.82) is 0 Å². The summed E-state index contributed by atoms with van der Waals surface area (Å²) in [6.45, 7) is 8.11. The van der Waals surface area contributed by atoms with Gasteiger partial charge >= 0.3 is 0 Å². The average molecular weight is 172 g/mol. The summed E-state index contributed by atoms with van der Waals surface area (Å²) >= 11 is 4.97. The Morgan fingerprint density at radius 2 is 2.09 bits per heavy atom. The molecule has 0 aliphatic carbocycles. The molecule has 0 bridgehead atoms. The summed E-state index contributed by atoms with van der Waals surface area (Å²) in [7, 11) is 0. The molecule has 64 valence electrons. The first-order chi connectivity index (χ1) is 5.06. The highest BCUT2D eigenvalue weighted by Gasteiger charge is 1.99. The van der Waals surface area contributed by atoms with E-state index in [2.05, 4.69) is 6.92 Å². The molecule has 0 N–H and O–H groups in total. The van der Waals surface area contributed by atoms with Gasteiger partial charge in [-0.2, -0.15) is 0 Å². The van der Waals surface area contributed by atoms with Gasteiger partial charge in [0.15, 0.2) is 5.05 Å². The van der Waals surface area contributed by atoms with Gasteiger partial charge in [0.2, 0.25) is 0 Å². The normalized spacial score (nSPS) is 12.0. The molecule has 0 radical (unpaired) electrons. The summed E-state index contributed by atoms with van der Waals surface area (Å²) in [6.07, 6.45) is 3.11. The van der Waals surface area contributed by atoms with Crippen LogP contribution in [0.4, 0.5) is 0 Å². The Hall–Kier alpha value is -0.370. The van der Waals surface area contributed by atoms with Gasteiger partial charge in [-0.3, -0.25) is 0 Å². The van der Waals surface area contributed by atoms with Crippen molar-refractivity contribution < 1.29 is 4.74 Å². The minimum Gasteiger partial charge on any atom is -0.480 e. The molecule has 0 aliphatic rings. The largest absolute Gasteiger partial charge is 0.480 e. The maximum atomic E-state index is 5.37. The summed E-state index contributed by atoms with van der Waals surface area (Å²) in [5, 5.41) is 0.597. The molecule has 1 atom stereocenters. The van der Waals surface area contributed by atoms with Crippen molar-refractivity contribution >= 4 is 17.3 Å². The standard InChI is InChI=1S/C9H16OS/c1-5-8(4)10-9(11)6-7(2)3/h6,8H,5H2,1-4H3. The fourth-order valence-electron chi connectivity index (χ4n) is 0.551. The third kappa shape index (κ3) is 6.05. The second-order valence-electron chi connectivity index (χ2n) is 2.88. The van der Waals surface area contributed by atoms with E-state index in [4.69, 9.17) is 17.0 Å². The van der Waals surface area contributed by atoms with E-state index < -0.39 is 0 Å². The van der Waals surface area contributed by atoms with Crippen molar-refractivity contribution in [2.75, 3.05) is 0 Å². The van der Waals surface area contributed by atoms with Gasteiger partial charge in [-0.05, 0) is 45.5 Å². The summed E-state index contributed by atoms with van der Waals surface area (Å²) < 4.78 is 5.37. The van der Waals surface area contributed by atoms with Gasteiger partial charge in [0, 0.05) is 0 Å². The zero-order valence-corrected chi connectivity index (χ0v) is 8.49. The molecule has 0 saturated carbocycles. The van der Waals surface area contributed by atoms with Crippen LogP contribution in [0.15, 0.2) is 11.6 Å². The minimum atomic E-state index is 0.234. The Bertz CT molecular complexity index is 157. The molecule has 0 aromatic heterocycles. The van der Waals surface area contributed by atoms with Gasteiger partial charge in [-0.1, -0.05) is 12.5 Å². The lowest BCUT2D eigenvalue weighted by Gasteiger charge is -2.10. The second-order valence-corrected chi connectivity index (χ2v) is 3.28. The van der Waals surface area contributed by atoms with Crippen molar-refractivity contribution in [3.8, 4) is 0 Å². The van der Waals surface area contributed by atoms with Crippen molar-refractivity contribution in [1.82, 2.24) is 0 Å². The van der Waals surface area contributed by atoms with Crippen molar-refractivity contribution in [3.63, 3.8) is 0 Å². The number of ether oxygens (including phenoxy) is 1. The first-order valence-corrected chi connectivity index (χ1v) is 4.32. The smallest absolute Gasteiger partial charge is 0.183 e. The van der Waals surface area contributed by atoms with E-state index in [1.54, 1.807) is 0 Å². The third-order valence-electron chi connectivity index (χ3n) is 1.30. The van der Waals surface area contributed by atoms with E-state index in [0.29, 0.717) is 5.05 Å². The van der Waals surface area contributed by atoms with Crippen LogP contribution in [0.25, 0.3) is 0 Å². The van der Waals surface area contributed by atoms with Gasteiger partial charge in [0.25, 0.3) is 0 Å². The maximum Gasteiger partial charge on any atom is 0.183 e. The number of hydrogen-bond donors (Lipinski definition) is 0. The van der Waals surface area contributed by atoms with Crippen LogP contribution in [0, 0.1) is 0 Å². The van der Waals surface area contributed by atoms with Crippen LogP contribution in [0.3, 0.4) is 0 Å². The summed E-state index contributed by atoms with van der Waals surface area (Å²) in [6, 6.07) is 0. The molecule has 1 unspecified atom stereocenters. The fourth-order valence-corrected chi connectivity index (χ4v) is 0.951. The molecule has 0 rings (SSSR count). The zero-order chi connectivity index (χ0) is 8.85. The van der Waals surface area contributed by atoms with Crippen molar-refractivity contribution in [2.45, 2.75) is 40.2 Å². The number of rotatable bonds is 3. The Labute approximate surface area is 74.4 Å². The molecule has 0 amide bonds. The molecule has 11 heavy (non-hydrogen) atoms. The molecular formula is C9H16OS. The second kappa shape index (κ2) is 5.30. The molecule has 2 heteroatoms. The fraction of sp³-hybridized carbons (Fsp3) is 0.667. The van der Waals surface area contributed by atoms with Crippen LogP contribution in [0.2, 0.25) is 0 Å². The predicted octanol–water partition coefficient (Wildman–Crippen LogP) is 3.10. The van der Waals surface area contributed by atoms with Crippen LogP contribution >= 0.6 is 12.2 Å². The molecule has 0 spiro atoms. The number of hydrogen-bond acceptors (Lipinski definition) is 2. The lowest BCUT2D eigenvalue weighted by molar-refractivity contribution is 0.212. The monoisotopic (exact) mass is 172 g/mol. The van der Waals surface area contributed by atoms with Gasteiger partial charge in [0.1, 0.15) is 0 Å². The van der Waals surface area contributed by atoms with Crippen LogP contribution in [0.1, 0.15) is 34.1 Å². The van der Waals surface area contributed by atoms with E-state index in [1.165, 1.54) is 5.57 Å². The molecule has 1 nitrogen and oxygen atoms in total. The lowest BCUT2D eigenvalue weighted by Crippen LogP contribution is -2.10. The van der Waals surface area contributed by atoms with Crippen LogP contribution < -0.4 is 0 Å². The molecule has 0 saturated heterocycles. The highest BCUT2D eigenvalue weighted by molar-refractivity contribution is 7.80. The van der Waals surface area contributed by atoms with Gasteiger partial charge < -0.3 is 4.74 Å². The molecule has 0 aromatic rings. The highest BCUT2D eigenvalue weighted by atomic mass is 32.1. The zero-order valence-electron chi connectivity index (χ0n) is 7.68. The SMILES string of the molecule is CCC(C)OC(=S)C=C(C)C. The molecule has 0 aliphatic heterocycles. The molecular weight excluding hydrogens is 156 g/mol. The van der Waals surface area contributed by atoms with E-state index in [0.717, 1.165) is 6.42 Å². The Kier molecular flexibility index (Phi) is 5.12. The van der Waals surface area contributed by atoms with E-state index in [-0.39, 0.29) is 6.10 Å². The van der Waals surface area contributed by atoms with E-state index in [9.17, 15) is 0 Å². The third-order valence-corrected chi connectivity index (χ3v) is 1.51. The average Bonchev–Trinajstić information content (AvgIpc) is 1.85. The minimum absolute atomic E-state index is 0.234. The first-order valence-electron chi connectivity index (χ1n) is 3.91. The summed E-state index contributed by atoms with van der Waals surface area (Å²) in [4.78, 5) is 0. The quantitative estimate of drug-likeness (QED) is 0.478. The molecule has 0 heterocycles. The van der Waals surface area contributed by atoms with Gasteiger partial charge in [0.05, 0.1) is 6.10 Å². The Balaban J connectivity index is 3.79. The molecule has 0 aromatic carbocycles. The topological polar surface area (TPSA) is 9.23 Å². The van der Waals surface area contributed by atoms with Crippen molar-refractivity contribution in [3.05, 3.63) is 11.6 Å². The lowest BCUT2D eigenvalue weighted by atomic mass is 10.3. The van der Waals surface area contributed by atoms with Crippen LogP contribution in [-0.2, 0) is 4.74 Å². The van der Waals surface area contributed by atoms with Crippen molar-refractivity contribution in [2.24, 2.45) is 0 Å². The Morgan fingerprint density at radius 3 is 2.45 bits per heavy atom. The Morgan fingerprint density at radius 1 is 1.55 bits per heavy atom. The van der Waals surface area contributed by atoms with Gasteiger partial charge in [-0.25, -0.2) is 0 Å². The summed E-state index contributed by atoms with van der Waals surface area (Å²) in [5.74, 6) is 0. The molecule has 0 fully saturated rings. The van der Waals surface area contributed by atoms with Crippen LogP contribution in [0.5, 0.6) is 0 Å². The van der Waals surface area contributed by atoms with E-state index >= 15 is 0 Å². The number of thiocarbonyl (C=S) groups is 1. The summed E-state index contributed by atoms with van der Waals surface area (Å²) in [5.41, 5.74) is 1.18. The van der Waals surface area contributed by atoms with E-state index in [1.807, 2.05) is 26.8 Å². The maximum absolute atomic E-state index is 5.37. The first kappa shape index (κ1) is 10.6. The number of allylic oxidation sites excluding steroid dienone is 1. The highest BCUT2D eigenvalue weighted by Crippen LogP contribution is 2.00. The van der Waals surface area contributed by atoms with Gasteiger partial charge in [-0.15, -0.1) is 0 Å². The predicted molar refractivity (Wildman–Crippen MR) is 52.9 cm³/mol. The van der Waals surface area contributed by atoms with Crippen LogP contribution in [-0.4, -0.2) is 11.2 Å².